The lowest BCUT2D eigenvalue weighted by Gasteiger charge is -2.37. The zero-order valence-electron chi connectivity index (χ0n) is 18.5. The van der Waals surface area contributed by atoms with Crippen LogP contribution < -0.4 is 0 Å². The summed E-state index contributed by atoms with van der Waals surface area (Å²) in [5.41, 5.74) is 4.48. The topological polar surface area (TPSA) is 38.2 Å². The Morgan fingerprint density at radius 3 is 2.62 bits per heavy atom. The summed E-state index contributed by atoms with van der Waals surface area (Å²) in [5, 5.41) is 1.02. The summed E-state index contributed by atoms with van der Waals surface area (Å²) in [4.78, 5) is 11.5. The highest BCUT2D eigenvalue weighted by Crippen LogP contribution is 2.48. The van der Waals surface area contributed by atoms with Crippen LogP contribution in [0.15, 0.2) is 72.9 Å². The Bertz CT molecular complexity index is 1270. The Balaban J connectivity index is 1.60. The quantitative estimate of drug-likeness (QED) is 0.427. The third-order valence-electron chi connectivity index (χ3n) is 6.31. The molecule has 5 rings (SSSR count). The highest BCUT2D eigenvalue weighted by Gasteiger charge is 2.46. The molecule has 2 unspecified atom stereocenters. The predicted molar refractivity (Wildman–Crippen MR) is 125 cm³/mol. The predicted octanol–water partition coefficient (Wildman–Crippen LogP) is 5.41. The molecule has 0 fully saturated rings. The first-order valence-corrected chi connectivity index (χ1v) is 10.9. The summed E-state index contributed by atoms with van der Waals surface area (Å²) < 4.78 is 20.3. The standard InChI is InChI=1S/C27H26FN3O/c1-18(16-31(2)3)27(22-9-11-23(28)12-10-22)24-13-8-19(14-21(24)17-32-27)26-29-15-20-6-4-5-7-25(20)30-26/h4-15,18H,16-17H2,1-3H3. The van der Waals surface area contributed by atoms with Crippen LogP contribution in [0.25, 0.3) is 22.3 Å². The molecule has 0 aliphatic carbocycles. The van der Waals surface area contributed by atoms with Crippen molar-refractivity contribution in [3.8, 4) is 11.4 Å². The zero-order valence-corrected chi connectivity index (χ0v) is 18.5. The maximum absolute atomic E-state index is 13.7. The molecule has 2 heterocycles. The first-order valence-electron chi connectivity index (χ1n) is 10.9. The van der Waals surface area contributed by atoms with Crippen LogP contribution in [0.4, 0.5) is 4.39 Å². The highest BCUT2D eigenvalue weighted by atomic mass is 19.1. The van der Waals surface area contributed by atoms with Crippen LogP contribution in [0, 0.1) is 11.7 Å². The van der Waals surface area contributed by atoms with Gasteiger partial charge in [-0.3, -0.25) is 0 Å². The third-order valence-corrected chi connectivity index (χ3v) is 6.31. The molecule has 1 aliphatic heterocycles. The molecule has 0 spiro atoms. The number of nitrogens with zero attached hydrogens (tertiary/aromatic N) is 3. The molecule has 3 aromatic carbocycles. The highest BCUT2D eigenvalue weighted by molar-refractivity contribution is 5.79. The molecule has 2 atom stereocenters. The van der Waals surface area contributed by atoms with Crippen molar-refractivity contribution in [2.75, 3.05) is 20.6 Å². The van der Waals surface area contributed by atoms with E-state index >= 15 is 0 Å². The molecule has 0 saturated carbocycles. The number of fused-ring (bicyclic) bond motifs is 2. The fraction of sp³-hybridized carbons (Fsp3) is 0.259. The van der Waals surface area contributed by atoms with Gasteiger partial charge in [0.2, 0.25) is 0 Å². The second-order valence-electron chi connectivity index (χ2n) is 8.82. The normalized spacial score (nSPS) is 18.8. The number of aromatic nitrogens is 2. The molecule has 32 heavy (non-hydrogen) atoms. The van der Waals surface area contributed by atoms with Crippen molar-refractivity contribution in [3.05, 3.63) is 95.4 Å². The van der Waals surface area contributed by atoms with Crippen molar-refractivity contribution in [1.82, 2.24) is 14.9 Å². The molecular formula is C27H26FN3O. The van der Waals surface area contributed by atoms with E-state index in [1.54, 1.807) is 0 Å². The van der Waals surface area contributed by atoms with E-state index in [9.17, 15) is 4.39 Å². The number of rotatable bonds is 5. The third kappa shape index (κ3) is 3.48. The molecule has 0 amide bonds. The average Bonchev–Trinajstić information content (AvgIpc) is 3.19. The molecule has 4 nitrogen and oxygen atoms in total. The minimum atomic E-state index is -0.629. The number of para-hydroxylation sites is 1. The van der Waals surface area contributed by atoms with Crippen LogP contribution in [0.1, 0.15) is 23.6 Å². The Labute approximate surface area is 187 Å². The summed E-state index contributed by atoms with van der Waals surface area (Å²) in [5.74, 6) is 0.616. The van der Waals surface area contributed by atoms with Gasteiger partial charge in [0.05, 0.1) is 12.1 Å². The SMILES string of the molecule is CC(CN(C)C)C1(c2ccc(F)cc2)OCc2cc(-c3ncc4ccccc4n3)ccc21. The lowest BCUT2D eigenvalue weighted by atomic mass is 9.76. The number of halogens is 1. The van der Waals surface area contributed by atoms with Crippen LogP contribution >= 0.6 is 0 Å². The fourth-order valence-electron chi connectivity index (χ4n) is 4.90. The number of hydrogen-bond donors (Lipinski definition) is 0. The molecule has 0 N–H and O–H groups in total. The minimum Gasteiger partial charge on any atom is -0.361 e. The van der Waals surface area contributed by atoms with Gasteiger partial charge in [-0.15, -0.1) is 0 Å². The van der Waals surface area contributed by atoms with Crippen molar-refractivity contribution in [2.24, 2.45) is 5.92 Å². The molecule has 0 saturated heterocycles. The van der Waals surface area contributed by atoms with Gasteiger partial charge < -0.3 is 9.64 Å². The summed E-state index contributed by atoms with van der Waals surface area (Å²) in [7, 11) is 4.12. The summed E-state index contributed by atoms with van der Waals surface area (Å²) >= 11 is 0. The largest absolute Gasteiger partial charge is 0.361 e. The van der Waals surface area contributed by atoms with Crippen molar-refractivity contribution in [2.45, 2.75) is 19.1 Å². The zero-order chi connectivity index (χ0) is 22.3. The molecule has 1 aromatic heterocycles. The van der Waals surface area contributed by atoms with E-state index in [1.807, 2.05) is 42.6 Å². The van der Waals surface area contributed by atoms with Gasteiger partial charge in [-0.1, -0.05) is 49.4 Å². The van der Waals surface area contributed by atoms with E-state index in [0.717, 1.165) is 39.7 Å². The van der Waals surface area contributed by atoms with E-state index in [2.05, 4.69) is 49.1 Å². The fourth-order valence-corrected chi connectivity index (χ4v) is 4.90. The van der Waals surface area contributed by atoms with Gasteiger partial charge in [0.15, 0.2) is 5.82 Å². The Hall–Kier alpha value is -3.15. The Kier molecular flexibility index (Phi) is 5.24. The van der Waals surface area contributed by atoms with E-state index in [1.165, 1.54) is 12.1 Å². The van der Waals surface area contributed by atoms with Crippen LogP contribution in [0.2, 0.25) is 0 Å². The molecular weight excluding hydrogens is 401 g/mol. The van der Waals surface area contributed by atoms with Crippen LogP contribution in [-0.4, -0.2) is 35.5 Å². The van der Waals surface area contributed by atoms with E-state index in [4.69, 9.17) is 9.72 Å². The Morgan fingerprint density at radius 2 is 1.84 bits per heavy atom. The molecule has 0 bridgehead atoms. The van der Waals surface area contributed by atoms with Crippen LogP contribution in [-0.2, 0) is 16.9 Å². The van der Waals surface area contributed by atoms with Gasteiger partial charge in [0, 0.05) is 29.6 Å². The second-order valence-corrected chi connectivity index (χ2v) is 8.82. The lowest BCUT2D eigenvalue weighted by molar-refractivity contribution is -0.0505. The van der Waals surface area contributed by atoms with Crippen LogP contribution in [0.3, 0.4) is 0 Å². The van der Waals surface area contributed by atoms with E-state index in [-0.39, 0.29) is 11.7 Å². The second kappa shape index (κ2) is 8.08. The molecule has 5 heteroatoms. The minimum absolute atomic E-state index is 0.159. The van der Waals surface area contributed by atoms with Gasteiger partial charge >= 0.3 is 0 Å². The van der Waals surface area contributed by atoms with Crippen LogP contribution in [0.5, 0.6) is 0 Å². The van der Waals surface area contributed by atoms with E-state index in [0.29, 0.717) is 12.4 Å². The molecule has 1 aliphatic rings. The molecule has 0 radical (unpaired) electrons. The first kappa shape index (κ1) is 20.7. The number of ether oxygens (including phenoxy) is 1. The number of benzene rings is 3. The maximum Gasteiger partial charge on any atom is 0.159 e. The van der Waals surface area contributed by atoms with Crippen molar-refractivity contribution >= 4 is 10.9 Å². The van der Waals surface area contributed by atoms with Gasteiger partial charge in [0.1, 0.15) is 11.4 Å². The van der Waals surface area contributed by atoms with Crippen molar-refractivity contribution in [3.63, 3.8) is 0 Å². The maximum atomic E-state index is 13.7. The molecule has 162 valence electrons. The Morgan fingerprint density at radius 1 is 1.06 bits per heavy atom. The summed E-state index contributed by atoms with van der Waals surface area (Å²) in [6, 6.07) is 21.0. The van der Waals surface area contributed by atoms with Gasteiger partial charge in [0.25, 0.3) is 0 Å². The van der Waals surface area contributed by atoms with Crippen molar-refractivity contribution in [1.29, 1.82) is 0 Å². The first-order chi connectivity index (χ1) is 15.5. The van der Waals surface area contributed by atoms with Crippen molar-refractivity contribution < 1.29 is 9.13 Å². The summed E-state index contributed by atoms with van der Waals surface area (Å²) in [6.07, 6.45) is 1.86. The van der Waals surface area contributed by atoms with Gasteiger partial charge in [-0.25, -0.2) is 14.4 Å². The average molecular weight is 428 g/mol. The summed E-state index contributed by atoms with van der Waals surface area (Å²) in [6.45, 7) is 3.52. The monoisotopic (exact) mass is 427 g/mol. The van der Waals surface area contributed by atoms with E-state index < -0.39 is 5.60 Å². The number of hydrogen-bond acceptors (Lipinski definition) is 4. The van der Waals surface area contributed by atoms with Gasteiger partial charge in [-0.2, -0.15) is 0 Å². The smallest absolute Gasteiger partial charge is 0.159 e. The lowest BCUT2D eigenvalue weighted by Crippen LogP contribution is -2.40. The molecule has 4 aromatic rings. The van der Waals surface area contributed by atoms with Gasteiger partial charge in [-0.05, 0) is 55.1 Å².